The zero-order chi connectivity index (χ0) is 19.9. The summed E-state index contributed by atoms with van der Waals surface area (Å²) in [5.74, 6) is -0.797. The zero-order valence-corrected chi connectivity index (χ0v) is 16.5. The van der Waals surface area contributed by atoms with Gasteiger partial charge in [0, 0.05) is 12.2 Å². The van der Waals surface area contributed by atoms with Crippen molar-refractivity contribution in [2.45, 2.75) is 51.0 Å². The number of nitrogens with one attached hydrogen (secondary N) is 1. The lowest BCUT2D eigenvalue weighted by Gasteiger charge is -2.23. The van der Waals surface area contributed by atoms with E-state index in [4.69, 9.17) is 18.6 Å². The number of alkyl carbamates (subject to hydrolysis) is 1. The molecule has 152 valence electrons. The van der Waals surface area contributed by atoms with Gasteiger partial charge in [-0.2, -0.15) is 11.8 Å². The number of amides is 1. The molecule has 1 aromatic rings. The Morgan fingerprint density at radius 3 is 2.67 bits per heavy atom. The second-order valence-electron chi connectivity index (χ2n) is 7.00. The lowest BCUT2D eigenvalue weighted by atomic mass is 10.1. The molecule has 0 spiro atoms. The molecule has 2 N–H and O–H groups in total. The molecule has 1 aliphatic rings. The van der Waals surface area contributed by atoms with Crippen LogP contribution in [0.3, 0.4) is 0 Å². The number of carbonyl (C=O) groups excluding carboxylic acids is 1. The van der Waals surface area contributed by atoms with Gasteiger partial charge in [0.15, 0.2) is 0 Å². The average molecular weight is 402 g/mol. The van der Waals surface area contributed by atoms with E-state index in [0.29, 0.717) is 37.7 Å². The highest BCUT2D eigenvalue weighted by molar-refractivity contribution is 7.99. The standard InChI is InChI=1S/C17H26N2O7S/c1-16(2,3)26-15(22)19-12(13(20)21)11-27-10-4-5-17(24-8-9-25-17)14-18-6-7-23-14/h6-7,12H,4-5,8-11H2,1-3H3,(H,19,22)(H,20,21)/t12-/m0/s1. The van der Waals surface area contributed by atoms with Crippen LogP contribution >= 0.6 is 11.8 Å². The van der Waals surface area contributed by atoms with Gasteiger partial charge in [-0.3, -0.25) is 0 Å². The molecule has 0 aromatic carbocycles. The highest BCUT2D eigenvalue weighted by Crippen LogP contribution is 2.35. The van der Waals surface area contributed by atoms with Crippen molar-refractivity contribution in [3.8, 4) is 0 Å². The third kappa shape index (κ3) is 6.71. The van der Waals surface area contributed by atoms with Crippen molar-refractivity contribution in [1.82, 2.24) is 10.3 Å². The fourth-order valence-corrected chi connectivity index (χ4v) is 3.45. The van der Waals surface area contributed by atoms with Crippen molar-refractivity contribution < 1.29 is 33.3 Å². The van der Waals surface area contributed by atoms with E-state index >= 15 is 0 Å². The number of nitrogens with zero attached hydrogens (tertiary/aromatic N) is 1. The van der Waals surface area contributed by atoms with Gasteiger partial charge in [0.25, 0.3) is 5.89 Å². The van der Waals surface area contributed by atoms with Crippen molar-refractivity contribution in [2.24, 2.45) is 0 Å². The van der Waals surface area contributed by atoms with Crippen LogP contribution in [0, 0.1) is 0 Å². The number of oxazole rings is 1. The van der Waals surface area contributed by atoms with Gasteiger partial charge in [0.05, 0.1) is 19.4 Å². The predicted octanol–water partition coefficient (Wildman–Crippen LogP) is 2.37. The molecule has 0 unspecified atom stereocenters. The van der Waals surface area contributed by atoms with Gasteiger partial charge < -0.3 is 29.1 Å². The van der Waals surface area contributed by atoms with Crippen molar-refractivity contribution in [1.29, 1.82) is 0 Å². The minimum atomic E-state index is -1.10. The maximum absolute atomic E-state index is 11.8. The van der Waals surface area contributed by atoms with Crippen LogP contribution < -0.4 is 5.32 Å². The zero-order valence-electron chi connectivity index (χ0n) is 15.7. The molecule has 0 radical (unpaired) electrons. The van der Waals surface area contributed by atoms with E-state index < -0.39 is 29.5 Å². The number of carboxylic acids is 1. The molecule has 1 atom stereocenters. The molecule has 1 saturated heterocycles. The van der Waals surface area contributed by atoms with Crippen LogP contribution in [-0.4, -0.2) is 58.5 Å². The molecule has 1 aliphatic heterocycles. The van der Waals surface area contributed by atoms with Gasteiger partial charge in [-0.25, -0.2) is 14.6 Å². The number of carboxylic acid groups (broad SMARTS) is 1. The third-order valence-electron chi connectivity index (χ3n) is 3.58. The monoisotopic (exact) mass is 402 g/mol. The maximum Gasteiger partial charge on any atom is 0.408 e. The van der Waals surface area contributed by atoms with Crippen LogP contribution in [0.1, 0.15) is 39.5 Å². The Balaban J connectivity index is 1.75. The summed E-state index contributed by atoms with van der Waals surface area (Å²) in [7, 11) is 0. The topological polar surface area (TPSA) is 120 Å². The van der Waals surface area contributed by atoms with E-state index in [1.807, 2.05) is 0 Å². The van der Waals surface area contributed by atoms with E-state index in [1.165, 1.54) is 24.2 Å². The first-order chi connectivity index (χ1) is 12.7. The first kappa shape index (κ1) is 21.5. The van der Waals surface area contributed by atoms with Crippen LogP contribution in [0.15, 0.2) is 16.9 Å². The second-order valence-corrected chi connectivity index (χ2v) is 8.15. The number of ether oxygens (including phenoxy) is 3. The number of aromatic nitrogens is 1. The molecule has 10 heteroatoms. The summed E-state index contributed by atoms with van der Waals surface area (Å²) in [6, 6.07) is -1.02. The molecular weight excluding hydrogens is 376 g/mol. The SMILES string of the molecule is CC(C)(C)OC(=O)N[C@@H](CSCCCC1(c2ncco2)OCCO1)C(=O)O. The molecule has 0 bridgehead atoms. The lowest BCUT2D eigenvalue weighted by Crippen LogP contribution is -2.45. The second kappa shape index (κ2) is 9.43. The van der Waals surface area contributed by atoms with Gasteiger partial charge in [0.2, 0.25) is 5.79 Å². The summed E-state index contributed by atoms with van der Waals surface area (Å²) in [5, 5.41) is 11.7. The Morgan fingerprint density at radius 2 is 2.11 bits per heavy atom. The van der Waals surface area contributed by atoms with E-state index in [0.717, 1.165) is 0 Å². The number of thioether (sulfide) groups is 1. The third-order valence-corrected chi connectivity index (χ3v) is 4.73. The van der Waals surface area contributed by atoms with Crippen molar-refractivity contribution in [3.05, 3.63) is 18.4 Å². The summed E-state index contributed by atoms with van der Waals surface area (Å²) in [5.41, 5.74) is -0.685. The molecule has 0 aliphatic carbocycles. The van der Waals surface area contributed by atoms with Gasteiger partial charge in [-0.15, -0.1) is 0 Å². The predicted molar refractivity (Wildman–Crippen MR) is 97.4 cm³/mol. The molecule has 27 heavy (non-hydrogen) atoms. The molecule has 2 rings (SSSR count). The summed E-state index contributed by atoms with van der Waals surface area (Å²) < 4.78 is 21.8. The summed E-state index contributed by atoms with van der Waals surface area (Å²) >= 11 is 1.42. The van der Waals surface area contributed by atoms with E-state index in [2.05, 4.69) is 10.3 Å². The molecule has 9 nitrogen and oxygen atoms in total. The summed E-state index contributed by atoms with van der Waals surface area (Å²) in [6.07, 6.45) is 3.50. The Bertz CT molecular complexity index is 609. The van der Waals surface area contributed by atoms with Gasteiger partial charge in [-0.1, -0.05) is 0 Å². The smallest absolute Gasteiger partial charge is 0.408 e. The first-order valence-corrected chi connectivity index (χ1v) is 9.85. The normalized spacial score (nSPS) is 17.4. The first-order valence-electron chi connectivity index (χ1n) is 8.70. The number of aliphatic carboxylic acids is 1. The van der Waals surface area contributed by atoms with E-state index in [-0.39, 0.29) is 5.75 Å². The molecule has 2 heterocycles. The Kier molecular flexibility index (Phi) is 7.51. The highest BCUT2D eigenvalue weighted by Gasteiger charge is 2.42. The fourth-order valence-electron chi connectivity index (χ4n) is 2.47. The number of hydrogen-bond donors (Lipinski definition) is 2. The Morgan fingerprint density at radius 1 is 1.41 bits per heavy atom. The molecule has 0 saturated carbocycles. The van der Waals surface area contributed by atoms with E-state index in [1.54, 1.807) is 20.8 Å². The van der Waals surface area contributed by atoms with Crippen molar-refractivity contribution in [3.63, 3.8) is 0 Å². The van der Waals surface area contributed by atoms with Gasteiger partial charge in [-0.05, 0) is 32.9 Å². The van der Waals surface area contributed by atoms with Crippen LogP contribution in [0.5, 0.6) is 0 Å². The molecule has 1 fully saturated rings. The lowest BCUT2D eigenvalue weighted by molar-refractivity contribution is -0.186. The van der Waals surface area contributed by atoms with Crippen LogP contribution in [-0.2, 0) is 24.8 Å². The number of rotatable bonds is 9. The average Bonchev–Trinajstić information content (AvgIpc) is 3.23. The maximum atomic E-state index is 11.8. The van der Waals surface area contributed by atoms with Crippen LogP contribution in [0.25, 0.3) is 0 Å². The van der Waals surface area contributed by atoms with Crippen molar-refractivity contribution >= 4 is 23.8 Å². The summed E-state index contributed by atoms with van der Waals surface area (Å²) in [4.78, 5) is 27.2. The number of hydrogen-bond acceptors (Lipinski definition) is 8. The largest absolute Gasteiger partial charge is 0.480 e. The number of carbonyl (C=O) groups is 2. The highest BCUT2D eigenvalue weighted by atomic mass is 32.2. The quantitative estimate of drug-likeness (QED) is 0.600. The minimum Gasteiger partial charge on any atom is -0.480 e. The Labute approximate surface area is 162 Å². The van der Waals surface area contributed by atoms with Gasteiger partial charge >= 0.3 is 12.1 Å². The molecule has 1 aromatic heterocycles. The van der Waals surface area contributed by atoms with Crippen LogP contribution in [0.4, 0.5) is 4.79 Å². The summed E-state index contributed by atoms with van der Waals surface area (Å²) in [6.45, 7) is 6.09. The Hall–Kier alpha value is -1.78. The molecular formula is C17H26N2O7S. The minimum absolute atomic E-state index is 0.224. The molecule has 1 amide bonds. The van der Waals surface area contributed by atoms with Gasteiger partial charge in [0.1, 0.15) is 17.9 Å². The van der Waals surface area contributed by atoms with E-state index in [9.17, 15) is 14.7 Å². The van der Waals surface area contributed by atoms with Crippen molar-refractivity contribution in [2.75, 3.05) is 24.7 Å². The fraction of sp³-hybridized carbons (Fsp3) is 0.706. The van der Waals surface area contributed by atoms with Crippen LogP contribution in [0.2, 0.25) is 0 Å².